The van der Waals surface area contributed by atoms with Gasteiger partial charge in [0.2, 0.25) is 0 Å². The number of hydrogen-bond donors (Lipinski definition) is 0. The van der Waals surface area contributed by atoms with E-state index in [9.17, 15) is 4.39 Å². The second-order valence-electron chi connectivity index (χ2n) is 7.81. The van der Waals surface area contributed by atoms with Crippen molar-refractivity contribution < 1.29 is 4.39 Å². The van der Waals surface area contributed by atoms with E-state index in [0.29, 0.717) is 5.56 Å². The third-order valence-corrected chi connectivity index (χ3v) is 5.26. The fourth-order valence-corrected chi connectivity index (χ4v) is 3.51. The summed E-state index contributed by atoms with van der Waals surface area (Å²) < 4.78 is 14.1. The largest absolute Gasteiger partial charge is 0.206 e. The van der Waals surface area contributed by atoms with E-state index < -0.39 is 0 Å². The van der Waals surface area contributed by atoms with Crippen molar-refractivity contribution in [1.29, 1.82) is 0 Å². The second-order valence-corrected chi connectivity index (χ2v) is 7.81. The van der Waals surface area contributed by atoms with Gasteiger partial charge >= 0.3 is 0 Å². The number of unbranched alkanes of at least 4 members (excludes halogenated alkanes) is 1. The van der Waals surface area contributed by atoms with Crippen LogP contribution in [0.15, 0.2) is 60.7 Å². The summed E-state index contributed by atoms with van der Waals surface area (Å²) in [4.78, 5) is 0. The van der Waals surface area contributed by atoms with Crippen molar-refractivity contribution in [3.05, 3.63) is 105 Å². The van der Waals surface area contributed by atoms with E-state index in [4.69, 9.17) is 0 Å². The van der Waals surface area contributed by atoms with E-state index in [1.54, 1.807) is 0 Å². The smallest absolute Gasteiger partial charge is 0.139 e. The molecule has 0 amide bonds. The van der Waals surface area contributed by atoms with Crippen molar-refractivity contribution in [2.75, 3.05) is 0 Å². The maximum Gasteiger partial charge on any atom is 0.139 e. The van der Waals surface area contributed by atoms with Gasteiger partial charge in [0.15, 0.2) is 0 Å². The van der Waals surface area contributed by atoms with Gasteiger partial charge in [-0.25, -0.2) is 4.39 Å². The topological polar surface area (TPSA) is 0 Å². The molecule has 0 bridgehead atoms. The Bertz CT molecular complexity index is 976. The number of hydrogen-bond acceptors (Lipinski definition) is 0. The van der Waals surface area contributed by atoms with Gasteiger partial charge in [-0.05, 0) is 85.5 Å². The molecule has 3 rings (SSSR count). The van der Waals surface area contributed by atoms with Gasteiger partial charge in [-0.2, -0.15) is 0 Å². The molecule has 1 heteroatoms. The quantitative estimate of drug-likeness (QED) is 0.403. The maximum atomic E-state index is 14.1. The number of halogens is 1. The van der Waals surface area contributed by atoms with Gasteiger partial charge < -0.3 is 0 Å². The molecule has 29 heavy (non-hydrogen) atoms. The summed E-state index contributed by atoms with van der Waals surface area (Å²) in [5, 5.41) is 0. The fraction of sp³-hybridized carbons (Fsp3) is 0.286. The highest BCUT2D eigenvalue weighted by atomic mass is 19.1. The maximum absolute atomic E-state index is 14.1. The SMILES string of the molecule is CCCCc1ccc(CCc2ccc(C#Cc3c(C)cc(C)cc3F)cc2)cc1. The summed E-state index contributed by atoms with van der Waals surface area (Å²) in [7, 11) is 0. The highest BCUT2D eigenvalue weighted by Gasteiger charge is 2.04. The van der Waals surface area contributed by atoms with Crippen LogP contribution in [-0.2, 0) is 19.3 Å². The lowest BCUT2D eigenvalue weighted by molar-refractivity contribution is 0.622. The Kier molecular flexibility index (Phi) is 7.25. The molecule has 0 atom stereocenters. The fourth-order valence-electron chi connectivity index (χ4n) is 3.51. The van der Waals surface area contributed by atoms with Crippen molar-refractivity contribution in [3.63, 3.8) is 0 Å². The molecule has 0 saturated carbocycles. The number of rotatable bonds is 6. The Balaban J connectivity index is 1.60. The second kappa shape index (κ2) is 10.1. The zero-order valence-electron chi connectivity index (χ0n) is 17.7. The van der Waals surface area contributed by atoms with Gasteiger partial charge in [-0.1, -0.05) is 67.6 Å². The molecular weight excluding hydrogens is 355 g/mol. The third kappa shape index (κ3) is 6.06. The Labute approximate surface area is 174 Å². The molecule has 3 aromatic rings. The first-order valence-corrected chi connectivity index (χ1v) is 10.5. The summed E-state index contributed by atoms with van der Waals surface area (Å²) in [5.74, 6) is 5.85. The normalized spacial score (nSPS) is 10.5. The van der Waals surface area contributed by atoms with Gasteiger partial charge in [0.25, 0.3) is 0 Å². The average Bonchev–Trinajstić information content (AvgIpc) is 2.71. The highest BCUT2D eigenvalue weighted by molar-refractivity contribution is 5.48. The van der Waals surface area contributed by atoms with Crippen molar-refractivity contribution in [3.8, 4) is 11.8 Å². The van der Waals surface area contributed by atoms with Crippen LogP contribution in [0.5, 0.6) is 0 Å². The Hall–Kier alpha value is -2.85. The molecule has 0 aliphatic rings. The monoisotopic (exact) mass is 384 g/mol. The van der Waals surface area contributed by atoms with Gasteiger partial charge in [0.1, 0.15) is 5.82 Å². The van der Waals surface area contributed by atoms with Crippen LogP contribution in [0, 0.1) is 31.5 Å². The zero-order chi connectivity index (χ0) is 20.6. The molecule has 0 spiro atoms. The molecule has 0 unspecified atom stereocenters. The minimum absolute atomic E-state index is 0.243. The molecule has 0 aliphatic heterocycles. The van der Waals surface area contributed by atoms with Gasteiger partial charge in [0.05, 0.1) is 5.56 Å². The van der Waals surface area contributed by atoms with Crippen LogP contribution in [0.4, 0.5) is 4.39 Å². The minimum Gasteiger partial charge on any atom is -0.206 e. The Morgan fingerprint density at radius 2 is 1.28 bits per heavy atom. The van der Waals surface area contributed by atoms with Crippen molar-refractivity contribution in [2.45, 2.75) is 52.9 Å². The molecule has 0 radical (unpaired) electrons. The molecule has 0 nitrogen and oxygen atoms in total. The minimum atomic E-state index is -0.243. The first-order valence-electron chi connectivity index (χ1n) is 10.5. The summed E-state index contributed by atoms with van der Waals surface area (Å²) in [6, 6.07) is 20.8. The first-order chi connectivity index (χ1) is 14.0. The van der Waals surface area contributed by atoms with Crippen molar-refractivity contribution >= 4 is 0 Å². The number of benzene rings is 3. The average molecular weight is 385 g/mol. The summed E-state index contributed by atoms with van der Waals surface area (Å²) in [6.07, 6.45) is 5.71. The lowest BCUT2D eigenvalue weighted by atomic mass is 10.0. The standard InChI is InChI=1S/C28H29F/c1-4-5-6-23-7-9-24(10-8-23)11-12-25-13-15-26(16-14-25)17-18-27-22(3)19-21(2)20-28(27)29/h7-10,13-16,19-20H,4-6,11-12H2,1-3H3. The van der Waals surface area contributed by atoms with Crippen LogP contribution in [0.1, 0.15) is 58.7 Å². The predicted octanol–water partition coefficient (Wildman–Crippen LogP) is 6.97. The van der Waals surface area contributed by atoms with E-state index in [2.05, 4.69) is 55.2 Å². The molecule has 0 saturated heterocycles. The highest BCUT2D eigenvalue weighted by Crippen LogP contribution is 2.15. The molecule has 0 aliphatic carbocycles. The van der Waals surface area contributed by atoms with Crippen LogP contribution in [-0.4, -0.2) is 0 Å². The molecule has 3 aromatic carbocycles. The Morgan fingerprint density at radius 3 is 1.83 bits per heavy atom. The van der Waals surface area contributed by atoms with E-state index in [1.807, 2.05) is 32.0 Å². The molecule has 0 N–H and O–H groups in total. The van der Waals surface area contributed by atoms with Crippen molar-refractivity contribution in [2.24, 2.45) is 0 Å². The summed E-state index contributed by atoms with van der Waals surface area (Å²) >= 11 is 0. The molecule has 0 aromatic heterocycles. The van der Waals surface area contributed by atoms with Crippen LogP contribution < -0.4 is 0 Å². The number of aryl methyl sites for hydroxylation is 5. The van der Waals surface area contributed by atoms with Crippen LogP contribution >= 0.6 is 0 Å². The van der Waals surface area contributed by atoms with Gasteiger partial charge in [-0.15, -0.1) is 0 Å². The molecule has 148 valence electrons. The van der Waals surface area contributed by atoms with E-state index >= 15 is 0 Å². The summed E-state index contributed by atoms with van der Waals surface area (Å²) in [5.41, 5.74) is 7.30. The lowest BCUT2D eigenvalue weighted by Gasteiger charge is -2.05. The molecule has 0 heterocycles. The van der Waals surface area contributed by atoms with Crippen LogP contribution in [0.25, 0.3) is 0 Å². The lowest BCUT2D eigenvalue weighted by Crippen LogP contribution is -1.93. The van der Waals surface area contributed by atoms with Gasteiger partial charge in [-0.3, -0.25) is 0 Å². The molecular formula is C28H29F. The predicted molar refractivity (Wildman–Crippen MR) is 121 cm³/mol. The van der Waals surface area contributed by atoms with Crippen molar-refractivity contribution in [1.82, 2.24) is 0 Å². The molecule has 0 fully saturated rings. The van der Waals surface area contributed by atoms with Gasteiger partial charge in [0, 0.05) is 5.56 Å². The van der Waals surface area contributed by atoms with E-state index in [1.165, 1.54) is 42.0 Å². The first kappa shape index (κ1) is 20.9. The van der Waals surface area contributed by atoms with E-state index in [-0.39, 0.29) is 5.82 Å². The third-order valence-electron chi connectivity index (χ3n) is 5.26. The zero-order valence-corrected chi connectivity index (χ0v) is 17.7. The van der Waals surface area contributed by atoms with E-state index in [0.717, 1.165) is 29.5 Å². The Morgan fingerprint density at radius 1 is 0.724 bits per heavy atom. The van der Waals surface area contributed by atoms with Crippen LogP contribution in [0.2, 0.25) is 0 Å². The van der Waals surface area contributed by atoms with Crippen LogP contribution in [0.3, 0.4) is 0 Å². The summed E-state index contributed by atoms with van der Waals surface area (Å²) in [6.45, 7) is 6.03.